The van der Waals surface area contributed by atoms with Crippen molar-refractivity contribution in [2.75, 3.05) is 6.54 Å². The molecule has 8 nitrogen and oxygen atoms in total. The van der Waals surface area contributed by atoms with Gasteiger partial charge in [-0.2, -0.15) is 0 Å². The zero-order valence-corrected chi connectivity index (χ0v) is 29.0. The molecular weight excluding hydrogens is 578 g/mol. The van der Waals surface area contributed by atoms with Gasteiger partial charge in [-0.15, -0.1) is 0 Å². The third kappa shape index (κ3) is 8.56. The van der Waals surface area contributed by atoms with Crippen LogP contribution in [0.3, 0.4) is 0 Å². The minimum absolute atomic E-state index is 0.0102. The molecule has 1 spiro atoms. The summed E-state index contributed by atoms with van der Waals surface area (Å²) in [5.41, 5.74) is 2.24. The predicted octanol–water partition coefficient (Wildman–Crippen LogP) is 7.81. The molecule has 0 saturated heterocycles. The highest BCUT2D eigenvalue weighted by atomic mass is 16.5. The van der Waals surface area contributed by atoms with Crippen LogP contribution in [-0.2, 0) is 9.59 Å². The number of hydrogen-bond acceptors (Lipinski definition) is 5. The van der Waals surface area contributed by atoms with Crippen LogP contribution in [0.25, 0.3) is 0 Å². The molecule has 0 radical (unpaired) electrons. The van der Waals surface area contributed by atoms with Crippen LogP contribution in [0.1, 0.15) is 128 Å². The monoisotopic (exact) mass is 631 g/mol. The molecule has 2 aromatic carbocycles. The lowest BCUT2D eigenvalue weighted by Gasteiger charge is -2.47. The first-order chi connectivity index (χ1) is 21.5. The summed E-state index contributed by atoms with van der Waals surface area (Å²) in [6.45, 7) is 17.6. The van der Waals surface area contributed by atoms with Gasteiger partial charge < -0.3 is 20.1 Å². The van der Waals surface area contributed by atoms with Gasteiger partial charge in [0.1, 0.15) is 17.1 Å². The highest BCUT2D eigenvalue weighted by Gasteiger charge is 2.52. The van der Waals surface area contributed by atoms with Gasteiger partial charge in [0.05, 0.1) is 18.6 Å². The molecule has 46 heavy (non-hydrogen) atoms. The summed E-state index contributed by atoms with van der Waals surface area (Å²) in [6.07, 6.45) is 5.09. The third-order valence-corrected chi connectivity index (χ3v) is 9.34. The smallest absolute Gasteiger partial charge is 0.305 e. The SMILES string of the molecule is CC(C)Oc1cccc(C2=NC3(CCC(C(C)(C)C)CC3)N([C@H](CCC(C)(C)C)c3ccc(C(=O)NCCC(=O)O)cc3)C2=O)c1. The highest BCUT2D eigenvalue weighted by molar-refractivity contribution is 6.46. The van der Waals surface area contributed by atoms with Crippen molar-refractivity contribution in [2.24, 2.45) is 21.7 Å². The molecule has 250 valence electrons. The highest BCUT2D eigenvalue weighted by Crippen LogP contribution is 2.50. The molecule has 2 amide bonds. The largest absolute Gasteiger partial charge is 0.491 e. The van der Waals surface area contributed by atoms with Crippen molar-refractivity contribution >= 4 is 23.5 Å². The minimum Gasteiger partial charge on any atom is -0.491 e. The fourth-order valence-corrected chi connectivity index (χ4v) is 6.78. The van der Waals surface area contributed by atoms with E-state index in [2.05, 4.69) is 51.8 Å². The van der Waals surface area contributed by atoms with Gasteiger partial charge in [0.2, 0.25) is 0 Å². The van der Waals surface area contributed by atoms with Crippen molar-refractivity contribution in [1.82, 2.24) is 10.2 Å². The van der Waals surface area contributed by atoms with E-state index in [-0.39, 0.29) is 47.8 Å². The van der Waals surface area contributed by atoms with Crippen molar-refractivity contribution in [1.29, 1.82) is 0 Å². The van der Waals surface area contributed by atoms with Crippen LogP contribution in [0, 0.1) is 16.7 Å². The molecule has 8 heteroatoms. The summed E-state index contributed by atoms with van der Waals surface area (Å²) in [5.74, 6) is -0.0796. The van der Waals surface area contributed by atoms with Crippen LogP contribution in [0.4, 0.5) is 0 Å². The second-order valence-electron chi connectivity index (χ2n) is 15.6. The lowest BCUT2D eigenvalue weighted by molar-refractivity contribution is -0.137. The molecule has 1 aliphatic carbocycles. The first kappa shape index (κ1) is 35.2. The number of nitrogens with one attached hydrogen (secondary N) is 1. The quantitative estimate of drug-likeness (QED) is 0.263. The molecule has 0 aromatic heterocycles. The lowest BCUT2D eigenvalue weighted by Crippen LogP contribution is -2.51. The first-order valence-electron chi connectivity index (χ1n) is 16.8. The Hall–Kier alpha value is -3.68. The number of carboxylic acid groups (broad SMARTS) is 1. The topological polar surface area (TPSA) is 108 Å². The van der Waals surface area contributed by atoms with Crippen molar-refractivity contribution in [3.05, 3.63) is 65.2 Å². The fraction of sp³-hybridized carbons (Fsp3) is 0.579. The molecule has 0 unspecified atom stereocenters. The standard InChI is InChI=1S/C38H53N3O5/c1-25(2)46-30-11-9-10-28(24-30)33-35(45)41(38(40-33)21-16-29(17-22-38)37(6,7)8)31(18-20-36(3,4)5)26-12-14-27(15-13-26)34(44)39-23-19-32(42)43/h9-15,24-25,29,31H,16-23H2,1-8H3,(H,39,44)(H,42,43)/t29?,31-,38?/m1/s1. The maximum Gasteiger partial charge on any atom is 0.305 e. The number of nitrogens with zero attached hydrogens (tertiary/aromatic N) is 2. The Morgan fingerprint density at radius 1 is 1.04 bits per heavy atom. The number of carbonyl (C=O) groups is 3. The van der Waals surface area contributed by atoms with E-state index >= 15 is 0 Å². The van der Waals surface area contributed by atoms with Crippen LogP contribution in [0.2, 0.25) is 0 Å². The van der Waals surface area contributed by atoms with Gasteiger partial charge in [0.15, 0.2) is 0 Å². The van der Waals surface area contributed by atoms with Crippen molar-refractivity contribution in [2.45, 2.75) is 118 Å². The van der Waals surface area contributed by atoms with Gasteiger partial charge in [-0.05, 0) is 98.9 Å². The number of carboxylic acids is 1. The van der Waals surface area contributed by atoms with Gasteiger partial charge in [0.25, 0.3) is 11.8 Å². The Kier molecular flexibility index (Phi) is 10.7. The number of rotatable bonds is 11. The van der Waals surface area contributed by atoms with E-state index in [1.54, 1.807) is 12.1 Å². The Balaban J connectivity index is 1.74. The lowest BCUT2D eigenvalue weighted by atomic mass is 9.69. The molecule has 2 N–H and O–H groups in total. The average molecular weight is 632 g/mol. The second-order valence-corrected chi connectivity index (χ2v) is 15.6. The average Bonchev–Trinajstić information content (AvgIpc) is 3.23. The number of benzene rings is 2. The fourth-order valence-electron chi connectivity index (χ4n) is 6.78. The minimum atomic E-state index is -0.959. The van der Waals surface area contributed by atoms with Gasteiger partial charge in [-0.3, -0.25) is 19.4 Å². The zero-order valence-electron chi connectivity index (χ0n) is 29.0. The summed E-state index contributed by atoms with van der Waals surface area (Å²) in [4.78, 5) is 45.8. The van der Waals surface area contributed by atoms with E-state index < -0.39 is 11.6 Å². The molecule has 1 heterocycles. The second kappa shape index (κ2) is 14.0. The molecular formula is C38H53N3O5. The summed E-state index contributed by atoms with van der Waals surface area (Å²) < 4.78 is 5.98. The molecule has 2 aromatic rings. The van der Waals surface area contributed by atoms with Gasteiger partial charge in [-0.25, -0.2) is 0 Å². The molecule has 1 saturated carbocycles. The van der Waals surface area contributed by atoms with Crippen LogP contribution < -0.4 is 10.1 Å². The number of carbonyl (C=O) groups excluding carboxylic acids is 2. The Labute approximate surface area is 275 Å². The molecule has 4 rings (SSSR count). The number of aliphatic imine (C=N–C) groups is 1. The normalized spacial score (nSPS) is 21.0. The first-order valence-corrected chi connectivity index (χ1v) is 16.8. The predicted molar refractivity (Wildman–Crippen MR) is 182 cm³/mol. The number of aliphatic carboxylic acids is 1. The maximum atomic E-state index is 14.7. The van der Waals surface area contributed by atoms with Gasteiger partial charge in [0, 0.05) is 17.7 Å². The van der Waals surface area contributed by atoms with E-state index in [4.69, 9.17) is 14.8 Å². The van der Waals surface area contributed by atoms with Crippen molar-refractivity contribution in [3.63, 3.8) is 0 Å². The Bertz CT molecular complexity index is 1420. The molecule has 1 aliphatic heterocycles. The number of hydrogen-bond donors (Lipinski definition) is 2. The van der Waals surface area contributed by atoms with Crippen LogP contribution in [0.5, 0.6) is 5.75 Å². The summed E-state index contributed by atoms with van der Waals surface area (Å²) in [7, 11) is 0. The molecule has 1 atom stereocenters. The molecule has 1 fully saturated rings. The van der Waals surface area contributed by atoms with Gasteiger partial charge >= 0.3 is 5.97 Å². The van der Waals surface area contributed by atoms with E-state index in [1.165, 1.54) is 0 Å². The maximum absolute atomic E-state index is 14.7. The van der Waals surface area contributed by atoms with E-state index in [0.29, 0.717) is 22.9 Å². The van der Waals surface area contributed by atoms with Crippen molar-refractivity contribution in [3.8, 4) is 5.75 Å². The molecule has 2 aliphatic rings. The van der Waals surface area contributed by atoms with Gasteiger partial charge in [-0.1, -0.05) is 65.8 Å². The van der Waals surface area contributed by atoms with Crippen LogP contribution >= 0.6 is 0 Å². The molecule has 0 bridgehead atoms. The van der Waals surface area contributed by atoms with E-state index in [9.17, 15) is 14.4 Å². The Morgan fingerprint density at radius 2 is 1.70 bits per heavy atom. The van der Waals surface area contributed by atoms with Crippen molar-refractivity contribution < 1.29 is 24.2 Å². The van der Waals surface area contributed by atoms with Crippen LogP contribution in [-0.4, -0.2) is 51.8 Å². The Morgan fingerprint density at radius 3 is 2.26 bits per heavy atom. The summed E-state index contributed by atoms with van der Waals surface area (Å²) in [5, 5.41) is 11.6. The van der Waals surface area contributed by atoms with Crippen LogP contribution in [0.15, 0.2) is 53.5 Å². The number of amides is 2. The summed E-state index contributed by atoms with van der Waals surface area (Å²) in [6, 6.07) is 14.9. The number of ether oxygens (including phenoxy) is 1. The third-order valence-electron chi connectivity index (χ3n) is 9.34. The zero-order chi connectivity index (χ0) is 33.9. The van der Waals surface area contributed by atoms with E-state index in [1.807, 2.05) is 50.2 Å². The summed E-state index contributed by atoms with van der Waals surface area (Å²) >= 11 is 0. The van der Waals surface area contributed by atoms with E-state index in [0.717, 1.165) is 49.7 Å².